The summed E-state index contributed by atoms with van der Waals surface area (Å²) in [7, 11) is -0.760. The van der Waals surface area contributed by atoms with Crippen LogP contribution in [0.15, 0.2) is 0 Å². The molecule has 0 aromatic heterocycles. The molecule has 2 fully saturated rings. The van der Waals surface area contributed by atoms with Crippen molar-refractivity contribution in [3.05, 3.63) is 0 Å². The summed E-state index contributed by atoms with van der Waals surface area (Å²) in [6.07, 6.45) is 3.88. The zero-order valence-electron chi connectivity index (χ0n) is 6.71. The quantitative estimate of drug-likeness (QED) is 0.580. The van der Waals surface area contributed by atoms with Gasteiger partial charge in [0.05, 0.1) is 10.5 Å². The molecule has 2 aliphatic heterocycles. The maximum absolute atomic E-state index is 11.8. The molecule has 0 N–H and O–H groups in total. The average Bonchev–Trinajstić information content (AvgIpc) is 2.01. The Labute approximate surface area is 85.3 Å². The lowest BCUT2D eigenvalue weighted by atomic mass is 9.98. The molecular weight excluding hydrogens is 215 g/mol. The summed E-state index contributed by atoms with van der Waals surface area (Å²) >= 11 is 12.2. The fraction of sp³-hybridized carbons (Fsp3) is 1.00. The van der Waals surface area contributed by atoms with Gasteiger partial charge in [0.15, 0.2) is 0 Å². The van der Waals surface area contributed by atoms with E-state index in [4.69, 9.17) is 23.2 Å². The summed E-state index contributed by atoms with van der Waals surface area (Å²) in [5.41, 5.74) is 0. The first-order chi connectivity index (χ1) is 5.70. The van der Waals surface area contributed by atoms with Crippen molar-refractivity contribution in [1.29, 1.82) is 0 Å². The molecule has 0 aromatic rings. The standard InChI is InChI=1S/C8H12Cl2OS/c9-5-1-3-7-6(10)2-4-8(5)12(7)11/h5-8H,1-4H2. The summed E-state index contributed by atoms with van der Waals surface area (Å²) in [6, 6.07) is 0. The second kappa shape index (κ2) is 3.47. The van der Waals surface area contributed by atoms with Crippen LogP contribution >= 0.6 is 23.2 Å². The highest BCUT2D eigenvalue weighted by atomic mass is 35.5. The van der Waals surface area contributed by atoms with Gasteiger partial charge in [0.25, 0.3) is 0 Å². The monoisotopic (exact) mass is 226 g/mol. The van der Waals surface area contributed by atoms with Gasteiger partial charge in [0.2, 0.25) is 0 Å². The van der Waals surface area contributed by atoms with Gasteiger partial charge in [0, 0.05) is 21.6 Å². The molecule has 0 radical (unpaired) electrons. The lowest BCUT2D eigenvalue weighted by molar-refractivity contribution is 0.474. The van der Waals surface area contributed by atoms with E-state index in [0.29, 0.717) is 0 Å². The second-order valence-electron chi connectivity index (χ2n) is 3.59. The number of rotatable bonds is 0. The topological polar surface area (TPSA) is 17.1 Å². The highest BCUT2D eigenvalue weighted by molar-refractivity contribution is 7.86. The molecule has 2 saturated heterocycles. The number of halogens is 2. The van der Waals surface area contributed by atoms with E-state index in [1.807, 2.05) is 0 Å². The van der Waals surface area contributed by atoms with E-state index < -0.39 is 10.8 Å². The van der Waals surface area contributed by atoms with E-state index in [2.05, 4.69) is 0 Å². The molecule has 4 heteroatoms. The van der Waals surface area contributed by atoms with Crippen molar-refractivity contribution in [2.75, 3.05) is 0 Å². The van der Waals surface area contributed by atoms with Gasteiger partial charge in [-0.25, -0.2) is 0 Å². The number of hydrogen-bond acceptors (Lipinski definition) is 1. The first-order valence-corrected chi connectivity index (χ1v) is 6.52. The molecule has 2 heterocycles. The number of fused-ring (bicyclic) bond motifs is 2. The molecule has 1 nitrogen and oxygen atoms in total. The van der Waals surface area contributed by atoms with Gasteiger partial charge in [-0.05, 0) is 25.7 Å². The highest BCUT2D eigenvalue weighted by Gasteiger charge is 2.42. The predicted molar refractivity (Wildman–Crippen MR) is 53.5 cm³/mol. The SMILES string of the molecule is O=S1C2CCC(Cl)C1CCC2Cl. The Morgan fingerprint density at radius 3 is 1.75 bits per heavy atom. The van der Waals surface area contributed by atoms with Crippen LogP contribution in [0.3, 0.4) is 0 Å². The van der Waals surface area contributed by atoms with Crippen molar-refractivity contribution in [2.24, 2.45) is 0 Å². The van der Waals surface area contributed by atoms with E-state index in [0.717, 1.165) is 25.7 Å². The molecule has 12 heavy (non-hydrogen) atoms. The maximum Gasteiger partial charge on any atom is 0.0515 e. The van der Waals surface area contributed by atoms with Crippen LogP contribution in [0.4, 0.5) is 0 Å². The number of alkyl halides is 2. The Bertz CT molecular complexity index is 189. The zero-order valence-corrected chi connectivity index (χ0v) is 9.04. The Kier molecular flexibility index (Phi) is 2.69. The van der Waals surface area contributed by atoms with E-state index in [9.17, 15) is 4.21 Å². The van der Waals surface area contributed by atoms with Crippen LogP contribution in [0, 0.1) is 0 Å². The highest BCUT2D eigenvalue weighted by Crippen LogP contribution is 2.38. The third-order valence-corrected chi connectivity index (χ3v) is 6.52. The molecule has 2 rings (SSSR count). The fourth-order valence-electron chi connectivity index (χ4n) is 2.13. The van der Waals surface area contributed by atoms with Crippen molar-refractivity contribution in [3.63, 3.8) is 0 Å². The van der Waals surface area contributed by atoms with Gasteiger partial charge in [-0.15, -0.1) is 23.2 Å². The normalized spacial score (nSPS) is 53.7. The number of hydrogen-bond donors (Lipinski definition) is 0. The van der Waals surface area contributed by atoms with Crippen LogP contribution < -0.4 is 0 Å². The van der Waals surface area contributed by atoms with Crippen LogP contribution in [0.5, 0.6) is 0 Å². The van der Waals surface area contributed by atoms with E-state index in [-0.39, 0.29) is 21.3 Å². The molecule has 2 bridgehead atoms. The average molecular weight is 227 g/mol. The smallest absolute Gasteiger partial charge is 0.0515 e. The van der Waals surface area contributed by atoms with Crippen molar-refractivity contribution in [3.8, 4) is 0 Å². The molecule has 0 spiro atoms. The van der Waals surface area contributed by atoms with Gasteiger partial charge in [-0.1, -0.05) is 0 Å². The lowest BCUT2D eigenvalue weighted by Gasteiger charge is -2.39. The summed E-state index contributed by atoms with van der Waals surface area (Å²) < 4.78 is 11.8. The van der Waals surface area contributed by atoms with Crippen LogP contribution in [-0.2, 0) is 10.8 Å². The van der Waals surface area contributed by atoms with Gasteiger partial charge < -0.3 is 0 Å². The third kappa shape index (κ3) is 1.42. The minimum absolute atomic E-state index is 0.131. The van der Waals surface area contributed by atoms with Crippen LogP contribution in [0.1, 0.15) is 25.7 Å². The summed E-state index contributed by atoms with van der Waals surface area (Å²) in [6.45, 7) is 0. The molecule has 4 unspecified atom stereocenters. The molecule has 0 aromatic carbocycles. The Morgan fingerprint density at radius 2 is 1.33 bits per heavy atom. The lowest BCUT2D eigenvalue weighted by Crippen LogP contribution is -2.47. The van der Waals surface area contributed by atoms with Gasteiger partial charge >= 0.3 is 0 Å². The molecule has 2 aliphatic rings. The molecule has 4 atom stereocenters. The van der Waals surface area contributed by atoms with E-state index in [1.54, 1.807) is 0 Å². The maximum atomic E-state index is 11.8. The molecule has 70 valence electrons. The fourth-order valence-corrected chi connectivity index (χ4v) is 5.28. The van der Waals surface area contributed by atoms with E-state index in [1.165, 1.54) is 0 Å². The Balaban J connectivity index is 2.18. The van der Waals surface area contributed by atoms with Gasteiger partial charge in [0.1, 0.15) is 0 Å². The van der Waals surface area contributed by atoms with Crippen molar-refractivity contribution in [1.82, 2.24) is 0 Å². The first kappa shape index (κ1) is 9.29. The largest absolute Gasteiger partial charge is 0.259 e. The summed E-state index contributed by atoms with van der Waals surface area (Å²) in [5.74, 6) is 0. The first-order valence-electron chi connectivity index (χ1n) is 4.37. The zero-order chi connectivity index (χ0) is 8.72. The third-order valence-electron chi connectivity index (χ3n) is 2.86. The molecule has 0 saturated carbocycles. The van der Waals surface area contributed by atoms with Crippen molar-refractivity contribution in [2.45, 2.75) is 46.9 Å². The van der Waals surface area contributed by atoms with Crippen LogP contribution in [0.2, 0.25) is 0 Å². The van der Waals surface area contributed by atoms with Gasteiger partial charge in [-0.3, -0.25) is 4.21 Å². The second-order valence-corrected chi connectivity index (χ2v) is 6.58. The molecular formula is C8H12Cl2OS. The summed E-state index contributed by atoms with van der Waals surface area (Å²) in [4.78, 5) is 0. The van der Waals surface area contributed by atoms with Gasteiger partial charge in [-0.2, -0.15) is 0 Å². The predicted octanol–water partition coefficient (Wildman–Crippen LogP) is 2.27. The van der Waals surface area contributed by atoms with Crippen LogP contribution in [-0.4, -0.2) is 25.5 Å². The summed E-state index contributed by atoms with van der Waals surface area (Å²) in [5, 5.41) is 0.707. The minimum Gasteiger partial charge on any atom is -0.259 e. The molecule has 0 aliphatic carbocycles. The van der Waals surface area contributed by atoms with Crippen molar-refractivity contribution >= 4 is 34.0 Å². The Hall–Kier alpha value is 0.730. The minimum atomic E-state index is -0.760. The van der Waals surface area contributed by atoms with Crippen molar-refractivity contribution < 1.29 is 4.21 Å². The van der Waals surface area contributed by atoms with E-state index >= 15 is 0 Å². The Morgan fingerprint density at radius 1 is 0.917 bits per heavy atom. The molecule has 0 amide bonds. The van der Waals surface area contributed by atoms with Crippen LogP contribution in [0.25, 0.3) is 0 Å².